The summed E-state index contributed by atoms with van der Waals surface area (Å²) in [5.74, 6) is -1.29. The van der Waals surface area contributed by atoms with E-state index in [0.717, 1.165) is 0 Å². The second kappa shape index (κ2) is 5.37. The van der Waals surface area contributed by atoms with Crippen molar-refractivity contribution < 1.29 is 19.9 Å². The molecule has 2 unspecified atom stereocenters. The number of carboxylic acids is 1. The number of nitro benzene ring substituents is 1. The lowest BCUT2D eigenvalue weighted by molar-refractivity contribution is -0.384. The first kappa shape index (κ1) is 13.1. The predicted octanol–water partition coefficient (Wildman–Crippen LogP) is -0.0899. The number of nitrogens with two attached hydrogens (primary N) is 1. The molecular weight excluding hydrogens is 228 g/mol. The molecule has 2 atom stereocenters. The van der Waals surface area contributed by atoms with Gasteiger partial charge in [0.1, 0.15) is 6.04 Å². The first-order valence-electron chi connectivity index (χ1n) is 4.81. The number of aliphatic carboxylic acids is 1. The second-order valence-corrected chi connectivity index (χ2v) is 3.56. The average molecular weight is 240 g/mol. The highest BCUT2D eigenvalue weighted by Gasteiger charge is 2.22. The van der Waals surface area contributed by atoms with Crippen molar-refractivity contribution in [1.29, 1.82) is 0 Å². The number of aliphatic hydroxyl groups is 1. The second-order valence-electron chi connectivity index (χ2n) is 3.56. The first-order valence-corrected chi connectivity index (χ1v) is 4.81. The molecule has 1 rings (SSSR count). The Labute approximate surface area is 96.6 Å². The Hall–Kier alpha value is -1.99. The predicted molar refractivity (Wildman–Crippen MR) is 58.4 cm³/mol. The van der Waals surface area contributed by atoms with E-state index in [1.165, 1.54) is 24.3 Å². The number of aliphatic hydroxyl groups excluding tert-OH is 1. The van der Waals surface area contributed by atoms with E-state index in [9.17, 15) is 20.0 Å². The SMILES string of the molecule is NC(C(=O)O)C(O)Cc1ccc([N+](=O)[O-])cc1. The van der Waals surface area contributed by atoms with Crippen molar-refractivity contribution in [1.82, 2.24) is 0 Å². The van der Waals surface area contributed by atoms with Crippen molar-refractivity contribution in [2.45, 2.75) is 18.6 Å². The van der Waals surface area contributed by atoms with Crippen molar-refractivity contribution in [3.63, 3.8) is 0 Å². The van der Waals surface area contributed by atoms with Crippen molar-refractivity contribution in [2.24, 2.45) is 5.73 Å². The molecule has 0 bridgehead atoms. The highest BCUT2D eigenvalue weighted by Crippen LogP contribution is 2.13. The zero-order chi connectivity index (χ0) is 13.0. The maximum absolute atomic E-state index is 10.5. The summed E-state index contributed by atoms with van der Waals surface area (Å²) >= 11 is 0. The summed E-state index contributed by atoms with van der Waals surface area (Å²) in [7, 11) is 0. The normalized spacial score (nSPS) is 14.0. The zero-order valence-corrected chi connectivity index (χ0v) is 8.81. The van der Waals surface area contributed by atoms with Crippen LogP contribution in [0.15, 0.2) is 24.3 Å². The van der Waals surface area contributed by atoms with Crippen LogP contribution in [0.4, 0.5) is 5.69 Å². The Kier molecular flexibility index (Phi) is 4.13. The summed E-state index contributed by atoms with van der Waals surface area (Å²) in [5, 5.41) is 28.4. The third-order valence-electron chi connectivity index (χ3n) is 2.29. The van der Waals surface area contributed by atoms with Gasteiger partial charge in [0, 0.05) is 18.6 Å². The van der Waals surface area contributed by atoms with Gasteiger partial charge in [0.15, 0.2) is 0 Å². The largest absolute Gasteiger partial charge is 0.480 e. The lowest BCUT2D eigenvalue weighted by atomic mass is 10.0. The monoisotopic (exact) mass is 240 g/mol. The van der Waals surface area contributed by atoms with Crippen LogP contribution in [0, 0.1) is 10.1 Å². The van der Waals surface area contributed by atoms with E-state index >= 15 is 0 Å². The number of non-ortho nitro benzene ring substituents is 1. The van der Waals surface area contributed by atoms with Gasteiger partial charge in [-0.1, -0.05) is 12.1 Å². The molecule has 0 saturated carbocycles. The smallest absolute Gasteiger partial charge is 0.323 e. The Bertz CT molecular complexity index is 417. The van der Waals surface area contributed by atoms with Gasteiger partial charge in [0.05, 0.1) is 11.0 Å². The number of nitro groups is 1. The van der Waals surface area contributed by atoms with Crippen molar-refractivity contribution in [2.75, 3.05) is 0 Å². The van der Waals surface area contributed by atoms with Crippen LogP contribution >= 0.6 is 0 Å². The third kappa shape index (κ3) is 3.51. The molecular formula is C10H12N2O5. The number of hydrogen-bond acceptors (Lipinski definition) is 5. The van der Waals surface area contributed by atoms with Crippen LogP contribution in [-0.4, -0.2) is 33.3 Å². The molecule has 17 heavy (non-hydrogen) atoms. The number of nitrogens with zero attached hydrogens (tertiary/aromatic N) is 1. The molecule has 4 N–H and O–H groups in total. The molecule has 0 fully saturated rings. The van der Waals surface area contributed by atoms with Crippen LogP contribution in [0.1, 0.15) is 5.56 Å². The Morgan fingerprint density at radius 2 is 1.94 bits per heavy atom. The highest BCUT2D eigenvalue weighted by atomic mass is 16.6. The lowest BCUT2D eigenvalue weighted by Crippen LogP contribution is -2.42. The van der Waals surface area contributed by atoms with Gasteiger partial charge in [0.2, 0.25) is 0 Å². The fourth-order valence-corrected chi connectivity index (χ4v) is 1.29. The average Bonchev–Trinajstić information content (AvgIpc) is 2.28. The zero-order valence-electron chi connectivity index (χ0n) is 8.81. The van der Waals surface area contributed by atoms with Crippen LogP contribution in [-0.2, 0) is 11.2 Å². The summed E-state index contributed by atoms with van der Waals surface area (Å²) in [6, 6.07) is 4.11. The van der Waals surface area contributed by atoms with Crippen molar-refractivity contribution in [3.05, 3.63) is 39.9 Å². The first-order chi connectivity index (χ1) is 7.91. The number of carboxylic acid groups (broad SMARTS) is 1. The van der Waals surface area contributed by atoms with E-state index < -0.39 is 23.0 Å². The van der Waals surface area contributed by atoms with Crippen molar-refractivity contribution >= 4 is 11.7 Å². The van der Waals surface area contributed by atoms with Gasteiger partial charge in [-0.05, 0) is 5.56 Å². The van der Waals surface area contributed by atoms with Crippen LogP contribution < -0.4 is 5.73 Å². The maximum Gasteiger partial charge on any atom is 0.323 e. The standard InChI is InChI=1S/C10H12N2O5/c11-9(10(14)15)8(13)5-6-1-3-7(4-2-6)12(16)17/h1-4,8-9,13H,5,11H2,(H,14,15). The van der Waals surface area contributed by atoms with Crippen LogP contribution in [0.2, 0.25) is 0 Å². The number of carbonyl (C=O) groups is 1. The number of hydrogen-bond donors (Lipinski definition) is 3. The molecule has 1 aromatic carbocycles. The number of rotatable bonds is 5. The van der Waals surface area contributed by atoms with Gasteiger partial charge in [-0.25, -0.2) is 0 Å². The number of benzene rings is 1. The fourth-order valence-electron chi connectivity index (χ4n) is 1.29. The molecule has 0 aliphatic heterocycles. The van der Waals surface area contributed by atoms with E-state index in [0.29, 0.717) is 5.56 Å². The Morgan fingerprint density at radius 3 is 2.35 bits per heavy atom. The molecule has 0 aliphatic carbocycles. The minimum atomic E-state index is -1.37. The van der Waals surface area contributed by atoms with Gasteiger partial charge in [0.25, 0.3) is 5.69 Å². The fraction of sp³-hybridized carbons (Fsp3) is 0.300. The van der Waals surface area contributed by atoms with Crippen LogP contribution in [0.5, 0.6) is 0 Å². The third-order valence-corrected chi connectivity index (χ3v) is 2.29. The van der Waals surface area contributed by atoms with Gasteiger partial charge in [-0.2, -0.15) is 0 Å². The van der Waals surface area contributed by atoms with Crippen LogP contribution in [0.3, 0.4) is 0 Å². The summed E-state index contributed by atoms with van der Waals surface area (Å²) in [5.41, 5.74) is 5.75. The molecule has 1 aromatic rings. The lowest BCUT2D eigenvalue weighted by Gasteiger charge is -2.14. The Morgan fingerprint density at radius 1 is 1.41 bits per heavy atom. The van der Waals surface area contributed by atoms with Gasteiger partial charge in [-0.3, -0.25) is 14.9 Å². The molecule has 7 heteroatoms. The molecule has 0 aromatic heterocycles. The van der Waals surface area contributed by atoms with E-state index in [2.05, 4.69) is 0 Å². The summed E-state index contributed by atoms with van der Waals surface area (Å²) in [6.07, 6.45) is -1.19. The topological polar surface area (TPSA) is 127 Å². The molecule has 0 amide bonds. The van der Waals surface area contributed by atoms with E-state index in [1.54, 1.807) is 0 Å². The Balaban J connectivity index is 2.69. The summed E-state index contributed by atoms with van der Waals surface area (Å²) in [4.78, 5) is 20.4. The van der Waals surface area contributed by atoms with Gasteiger partial charge >= 0.3 is 5.97 Å². The molecule has 0 aliphatic rings. The highest BCUT2D eigenvalue weighted by molar-refractivity contribution is 5.73. The molecule has 7 nitrogen and oxygen atoms in total. The minimum absolute atomic E-state index is 0.0332. The molecule has 0 radical (unpaired) electrons. The van der Waals surface area contributed by atoms with Gasteiger partial charge in [-0.15, -0.1) is 0 Å². The molecule has 0 spiro atoms. The van der Waals surface area contributed by atoms with Crippen molar-refractivity contribution in [3.8, 4) is 0 Å². The summed E-state index contributed by atoms with van der Waals surface area (Å²) in [6.45, 7) is 0. The summed E-state index contributed by atoms with van der Waals surface area (Å²) < 4.78 is 0. The van der Waals surface area contributed by atoms with E-state index in [-0.39, 0.29) is 12.1 Å². The minimum Gasteiger partial charge on any atom is -0.480 e. The maximum atomic E-state index is 10.5. The van der Waals surface area contributed by atoms with Gasteiger partial charge < -0.3 is 15.9 Å². The molecule has 92 valence electrons. The van der Waals surface area contributed by atoms with E-state index in [4.69, 9.17) is 10.8 Å². The molecule has 0 heterocycles. The van der Waals surface area contributed by atoms with E-state index in [1.807, 2.05) is 0 Å². The molecule has 0 saturated heterocycles. The quantitative estimate of drug-likeness (QED) is 0.487. The van der Waals surface area contributed by atoms with Crippen LogP contribution in [0.25, 0.3) is 0 Å².